The quantitative estimate of drug-likeness (QED) is 0.520. The highest BCUT2D eigenvalue weighted by molar-refractivity contribution is 5.80. The van der Waals surface area contributed by atoms with Crippen LogP contribution in [0.3, 0.4) is 0 Å². The zero-order valence-corrected chi connectivity index (χ0v) is 14.9. The molecule has 2 saturated heterocycles. The van der Waals surface area contributed by atoms with Gasteiger partial charge in [0, 0.05) is 26.4 Å². The highest BCUT2D eigenvalue weighted by atomic mass is 16.5. The van der Waals surface area contributed by atoms with Gasteiger partial charge in [-0.2, -0.15) is 0 Å². The molecule has 0 spiro atoms. The van der Waals surface area contributed by atoms with Crippen molar-refractivity contribution >= 4 is 18.0 Å². The number of nitrogens with one attached hydrogen (secondary N) is 1. The van der Waals surface area contributed by atoms with Crippen LogP contribution in [0.2, 0.25) is 0 Å². The molecule has 2 atom stereocenters. The minimum atomic E-state index is -1.03. The molecule has 0 bridgehead atoms. The van der Waals surface area contributed by atoms with E-state index in [2.05, 4.69) is 10.1 Å². The summed E-state index contributed by atoms with van der Waals surface area (Å²) < 4.78 is 14.6. The fraction of sp³-hybridized carbons (Fsp3) is 0.812. The molecular formula is C16H28N2O8. The zero-order chi connectivity index (χ0) is 19.5. The summed E-state index contributed by atoms with van der Waals surface area (Å²) in [7, 11) is 1.21. The third kappa shape index (κ3) is 7.54. The van der Waals surface area contributed by atoms with E-state index < -0.39 is 30.1 Å². The van der Waals surface area contributed by atoms with Crippen molar-refractivity contribution in [1.29, 1.82) is 0 Å². The number of hydrogen-bond acceptors (Lipinski definition) is 7. The van der Waals surface area contributed by atoms with Crippen molar-refractivity contribution in [2.75, 3.05) is 33.5 Å². The molecule has 0 aromatic heterocycles. The average molecular weight is 376 g/mol. The molecule has 5 N–H and O–H groups in total. The van der Waals surface area contributed by atoms with E-state index in [1.807, 2.05) is 0 Å². The van der Waals surface area contributed by atoms with Crippen LogP contribution in [0.15, 0.2) is 0 Å². The van der Waals surface area contributed by atoms with Crippen LogP contribution in [0.25, 0.3) is 0 Å². The van der Waals surface area contributed by atoms with Gasteiger partial charge in [-0.05, 0) is 37.5 Å². The minimum absolute atomic E-state index is 0.0876. The number of aliphatic carboxylic acids is 2. The molecule has 2 rings (SSSR count). The molecule has 26 heavy (non-hydrogen) atoms. The first-order valence-corrected chi connectivity index (χ1v) is 8.58. The van der Waals surface area contributed by atoms with E-state index in [0.717, 1.165) is 12.8 Å². The predicted octanol–water partition coefficient (Wildman–Crippen LogP) is 0.0471. The van der Waals surface area contributed by atoms with Crippen LogP contribution in [0.1, 0.15) is 25.7 Å². The average Bonchev–Trinajstić information content (AvgIpc) is 2.66. The molecule has 0 aromatic carbocycles. The molecule has 1 amide bonds. The molecule has 0 saturated carbocycles. The number of alkyl carbamates (subject to hydrolysis) is 1. The van der Waals surface area contributed by atoms with Gasteiger partial charge in [0.15, 0.2) is 0 Å². The SMILES string of the molecule is COC(=O)N[C@H](C(=O)O)C1CCOCC1.N[C@H](C(=O)O)C1CCOCC1. The summed E-state index contributed by atoms with van der Waals surface area (Å²) in [6.07, 6.45) is 2.11. The molecule has 2 heterocycles. The summed E-state index contributed by atoms with van der Waals surface area (Å²) >= 11 is 0. The summed E-state index contributed by atoms with van der Waals surface area (Å²) in [6.45, 7) is 2.37. The molecule has 0 radical (unpaired) electrons. The Morgan fingerprint density at radius 1 is 0.962 bits per heavy atom. The molecule has 10 nitrogen and oxygen atoms in total. The summed E-state index contributed by atoms with van der Waals surface area (Å²) in [6, 6.07) is -1.60. The highest BCUT2D eigenvalue weighted by Gasteiger charge is 2.31. The van der Waals surface area contributed by atoms with Crippen LogP contribution < -0.4 is 11.1 Å². The maximum Gasteiger partial charge on any atom is 0.407 e. The van der Waals surface area contributed by atoms with E-state index in [9.17, 15) is 14.4 Å². The fourth-order valence-corrected chi connectivity index (χ4v) is 2.89. The Balaban J connectivity index is 0.000000273. The standard InChI is InChI=1S/C9H15NO5.C7H13NO3/c1-14-9(13)10-7(8(11)12)6-2-4-15-5-3-6;8-6(7(9)10)5-1-3-11-4-2-5/h6-7H,2-5H2,1H3,(H,10,13)(H,11,12);5-6H,1-4,8H2,(H,9,10)/t7-;6-/m00/s1. The third-order valence-corrected chi connectivity index (χ3v) is 4.52. The van der Waals surface area contributed by atoms with E-state index in [-0.39, 0.29) is 11.8 Å². The van der Waals surface area contributed by atoms with E-state index in [4.69, 9.17) is 25.4 Å². The minimum Gasteiger partial charge on any atom is -0.480 e. The van der Waals surface area contributed by atoms with Crippen molar-refractivity contribution < 1.29 is 38.8 Å². The monoisotopic (exact) mass is 376 g/mol. The van der Waals surface area contributed by atoms with Crippen molar-refractivity contribution in [3.05, 3.63) is 0 Å². The molecule has 2 aliphatic rings. The van der Waals surface area contributed by atoms with Gasteiger partial charge in [-0.3, -0.25) is 4.79 Å². The molecule has 150 valence electrons. The smallest absolute Gasteiger partial charge is 0.407 e. The number of rotatable bonds is 5. The lowest BCUT2D eigenvalue weighted by Crippen LogP contribution is -2.47. The molecule has 0 aromatic rings. The zero-order valence-electron chi connectivity index (χ0n) is 14.9. The molecule has 2 fully saturated rings. The number of hydrogen-bond donors (Lipinski definition) is 4. The van der Waals surface area contributed by atoms with Crippen molar-refractivity contribution in [1.82, 2.24) is 5.32 Å². The van der Waals surface area contributed by atoms with Gasteiger partial charge in [-0.1, -0.05) is 0 Å². The van der Waals surface area contributed by atoms with Gasteiger partial charge in [-0.25, -0.2) is 9.59 Å². The molecule has 2 aliphatic heterocycles. The number of amides is 1. The fourth-order valence-electron chi connectivity index (χ4n) is 2.89. The van der Waals surface area contributed by atoms with E-state index in [0.29, 0.717) is 39.3 Å². The van der Waals surface area contributed by atoms with Gasteiger partial charge in [0.05, 0.1) is 7.11 Å². The van der Waals surface area contributed by atoms with Crippen molar-refractivity contribution in [3.8, 4) is 0 Å². The Kier molecular flexibility index (Phi) is 9.92. The van der Waals surface area contributed by atoms with Crippen LogP contribution >= 0.6 is 0 Å². The normalized spacial score (nSPS) is 20.8. The van der Waals surface area contributed by atoms with Crippen molar-refractivity contribution in [3.63, 3.8) is 0 Å². The van der Waals surface area contributed by atoms with Crippen LogP contribution in [-0.2, 0) is 23.8 Å². The first-order chi connectivity index (χ1) is 12.4. The van der Waals surface area contributed by atoms with Gasteiger partial charge in [-0.15, -0.1) is 0 Å². The van der Waals surface area contributed by atoms with E-state index in [1.165, 1.54) is 7.11 Å². The Morgan fingerprint density at radius 3 is 1.81 bits per heavy atom. The predicted molar refractivity (Wildman–Crippen MR) is 89.7 cm³/mol. The first-order valence-electron chi connectivity index (χ1n) is 8.58. The van der Waals surface area contributed by atoms with Gasteiger partial charge in [0.1, 0.15) is 12.1 Å². The molecule has 10 heteroatoms. The number of methoxy groups -OCH3 is 1. The number of carbonyl (C=O) groups is 3. The number of ether oxygens (including phenoxy) is 3. The summed E-state index contributed by atoms with van der Waals surface area (Å²) in [5.41, 5.74) is 5.44. The van der Waals surface area contributed by atoms with Crippen LogP contribution in [-0.4, -0.2) is 73.9 Å². The maximum atomic E-state index is 10.9. The van der Waals surface area contributed by atoms with Crippen LogP contribution in [0, 0.1) is 11.8 Å². The van der Waals surface area contributed by atoms with Crippen LogP contribution in [0.5, 0.6) is 0 Å². The summed E-state index contributed by atoms with van der Waals surface area (Å²) in [5.74, 6) is -1.93. The van der Waals surface area contributed by atoms with Crippen molar-refractivity contribution in [2.45, 2.75) is 37.8 Å². The number of carboxylic acids is 2. The van der Waals surface area contributed by atoms with Gasteiger partial charge < -0.3 is 35.5 Å². The lowest BCUT2D eigenvalue weighted by Gasteiger charge is -2.27. The number of carboxylic acid groups (broad SMARTS) is 2. The Labute approximate surface area is 152 Å². The Bertz CT molecular complexity index is 461. The second kappa shape index (κ2) is 11.7. The molecule has 0 aliphatic carbocycles. The van der Waals surface area contributed by atoms with Gasteiger partial charge >= 0.3 is 18.0 Å². The number of nitrogens with two attached hydrogens (primary N) is 1. The lowest BCUT2D eigenvalue weighted by atomic mass is 9.92. The maximum absolute atomic E-state index is 10.9. The summed E-state index contributed by atoms with van der Waals surface area (Å²) in [5, 5.41) is 19.8. The second-order valence-electron chi connectivity index (χ2n) is 6.22. The van der Waals surface area contributed by atoms with Crippen LogP contribution in [0.4, 0.5) is 4.79 Å². The highest BCUT2D eigenvalue weighted by Crippen LogP contribution is 2.19. The van der Waals surface area contributed by atoms with Gasteiger partial charge in [0.2, 0.25) is 0 Å². The Morgan fingerprint density at radius 2 is 1.42 bits per heavy atom. The molecular weight excluding hydrogens is 348 g/mol. The Hall–Kier alpha value is -1.91. The van der Waals surface area contributed by atoms with Gasteiger partial charge in [0.25, 0.3) is 0 Å². The first kappa shape index (κ1) is 22.1. The third-order valence-electron chi connectivity index (χ3n) is 4.52. The lowest BCUT2D eigenvalue weighted by molar-refractivity contribution is -0.142. The van der Waals surface area contributed by atoms with E-state index >= 15 is 0 Å². The topological polar surface area (TPSA) is 157 Å². The number of carbonyl (C=O) groups excluding carboxylic acids is 1. The van der Waals surface area contributed by atoms with Crippen molar-refractivity contribution in [2.24, 2.45) is 17.6 Å². The second-order valence-corrected chi connectivity index (χ2v) is 6.22. The largest absolute Gasteiger partial charge is 0.480 e. The summed E-state index contributed by atoms with van der Waals surface area (Å²) in [4.78, 5) is 32.3. The molecule has 0 unspecified atom stereocenters. The van der Waals surface area contributed by atoms with E-state index in [1.54, 1.807) is 0 Å².